The number of aromatic nitrogens is 1. The van der Waals surface area contributed by atoms with Crippen LogP contribution in [0.25, 0.3) is 10.8 Å². The second kappa shape index (κ2) is 13.4. The van der Waals surface area contributed by atoms with E-state index in [0.717, 1.165) is 10.8 Å². The number of carbonyl (C=O) groups excluding carboxylic acids is 3. The number of hydrogen-bond acceptors (Lipinski definition) is 6. The predicted molar refractivity (Wildman–Crippen MR) is 138 cm³/mol. The van der Waals surface area contributed by atoms with E-state index in [2.05, 4.69) is 20.4 Å². The molecule has 1 heterocycles. The number of fused-ring (bicyclic) bond motifs is 1. The first-order valence-electron chi connectivity index (χ1n) is 11.6. The van der Waals surface area contributed by atoms with Crippen molar-refractivity contribution in [3.05, 3.63) is 71.1 Å². The Morgan fingerprint density at radius 3 is 2.62 bits per heavy atom. The summed E-state index contributed by atoms with van der Waals surface area (Å²) >= 11 is 6.03. The fourth-order valence-electron chi connectivity index (χ4n) is 3.56. The first-order valence-corrected chi connectivity index (χ1v) is 11.9. The zero-order valence-corrected chi connectivity index (χ0v) is 21.3. The van der Waals surface area contributed by atoms with Crippen LogP contribution in [-0.2, 0) is 20.8 Å². The number of esters is 1. The van der Waals surface area contributed by atoms with Crippen LogP contribution in [-0.4, -0.2) is 54.8 Å². The zero-order valence-electron chi connectivity index (χ0n) is 20.5. The van der Waals surface area contributed by atoms with Crippen LogP contribution in [0.15, 0.2) is 54.7 Å². The molecule has 1 aromatic heterocycles. The molecule has 3 rings (SSSR count). The Kier molecular flexibility index (Phi) is 10.0. The third-order valence-electron chi connectivity index (χ3n) is 5.73. The van der Waals surface area contributed by atoms with Crippen LogP contribution in [0.5, 0.6) is 0 Å². The summed E-state index contributed by atoms with van der Waals surface area (Å²) in [6.07, 6.45) is 1.85. The molecule has 0 fully saturated rings. The number of likely N-dealkylation sites (N-methyl/N-ethyl adjacent to an activating group) is 1. The number of benzene rings is 2. The van der Waals surface area contributed by atoms with Crippen molar-refractivity contribution in [2.24, 2.45) is 0 Å². The minimum Gasteiger partial charge on any atom is -0.469 e. The molecule has 3 amide bonds. The third-order valence-corrected chi connectivity index (χ3v) is 6.08. The summed E-state index contributed by atoms with van der Waals surface area (Å²) in [5.74, 6) is -0.525. The Hall–Kier alpha value is -3.92. The molecule has 0 bridgehead atoms. The molecular formula is C26H28ClFN4O5. The minimum absolute atomic E-state index is 0.0755. The van der Waals surface area contributed by atoms with Gasteiger partial charge in [0.1, 0.15) is 18.2 Å². The average molecular weight is 531 g/mol. The molecule has 11 heteroatoms. The van der Waals surface area contributed by atoms with E-state index in [4.69, 9.17) is 16.3 Å². The van der Waals surface area contributed by atoms with Gasteiger partial charge in [-0.3, -0.25) is 10.1 Å². The molecule has 1 unspecified atom stereocenters. The number of amides is 3. The van der Waals surface area contributed by atoms with Crippen LogP contribution in [0, 0.1) is 5.82 Å². The van der Waals surface area contributed by atoms with Gasteiger partial charge in [-0.15, -0.1) is 0 Å². The maximum absolute atomic E-state index is 13.3. The Balaban J connectivity index is 1.59. The van der Waals surface area contributed by atoms with Gasteiger partial charge in [-0.05, 0) is 42.0 Å². The number of nitrogens with one attached hydrogen (secondary N) is 2. The minimum atomic E-state index is -0.729. The molecule has 9 nitrogen and oxygen atoms in total. The molecule has 0 saturated carbocycles. The first-order chi connectivity index (χ1) is 17.8. The number of urea groups is 1. The number of ether oxygens (including phenoxy) is 2. The zero-order chi connectivity index (χ0) is 26.8. The van der Waals surface area contributed by atoms with Gasteiger partial charge in [0.05, 0.1) is 13.2 Å². The number of hydrogen-bond donors (Lipinski definition) is 2. The summed E-state index contributed by atoms with van der Waals surface area (Å²) in [4.78, 5) is 42.3. The van der Waals surface area contributed by atoms with Crippen molar-refractivity contribution in [2.45, 2.75) is 31.8 Å². The number of methoxy groups -OCH3 is 1. The van der Waals surface area contributed by atoms with Crippen LogP contribution < -0.4 is 10.6 Å². The average Bonchev–Trinajstić information content (AvgIpc) is 2.89. The highest BCUT2D eigenvalue weighted by Gasteiger charge is 2.22. The molecule has 0 aliphatic rings. The Morgan fingerprint density at radius 1 is 1.14 bits per heavy atom. The van der Waals surface area contributed by atoms with E-state index in [-0.39, 0.29) is 30.6 Å². The van der Waals surface area contributed by atoms with Crippen LogP contribution in [0.4, 0.5) is 19.8 Å². The van der Waals surface area contributed by atoms with E-state index < -0.39 is 24.0 Å². The van der Waals surface area contributed by atoms with E-state index in [0.29, 0.717) is 24.2 Å². The highest BCUT2D eigenvalue weighted by molar-refractivity contribution is 6.31. The molecule has 0 saturated heterocycles. The number of nitrogens with zero attached hydrogens (tertiary/aromatic N) is 2. The van der Waals surface area contributed by atoms with Crippen LogP contribution in [0.3, 0.4) is 0 Å². The largest absolute Gasteiger partial charge is 0.469 e. The van der Waals surface area contributed by atoms with Gasteiger partial charge in [0.25, 0.3) is 0 Å². The second-order valence-electron chi connectivity index (χ2n) is 8.27. The molecule has 3 aromatic rings. The SMILES string of the molecule is COC(=O)CCCC(COC(=O)Nc1cc2ccccc2cn1)N(C)C(=O)NCc1ccc(F)cc1Cl. The Bertz CT molecular complexity index is 1260. The van der Waals surface area contributed by atoms with Gasteiger partial charge in [0, 0.05) is 36.6 Å². The van der Waals surface area contributed by atoms with Crippen molar-refractivity contribution in [3.8, 4) is 0 Å². The maximum atomic E-state index is 13.3. The topological polar surface area (TPSA) is 110 Å². The van der Waals surface area contributed by atoms with Crippen molar-refractivity contribution in [2.75, 3.05) is 26.1 Å². The van der Waals surface area contributed by atoms with E-state index >= 15 is 0 Å². The van der Waals surface area contributed by atoms with Gasteiger partial charge in [0.15, 0.2) is 0 Å². The van der Waals surface area contributed by atoms with E-state index in [1.54, 1.807) is 19.3 Å². The van der Waals surface area contributed by atoms with Crippen molar-refractivity contribution >= 4 is 46.3 Å². The normalized spacial score (nSPS) is 11.5. The van der Waals surface area contributed by atoms with Gasteiger partial charge >= 0.3 is 18.1 Å². The standard InChI is InChI=1S/C26H28ClFN4O5/c1-32(25(34)30-15-19-10-11-20(28)13-22(19)27)21(8-5-9-24(33)36-2)16-37-26(35)31-23-12-17-6-3-4-7-18(17)14-29-23/h3-4,6-7,10-14,21H,5,8-9,15-16H2,1-2H3,(H,30,34)(H,29,31,35). The van der Waals surface area contributed by atoms with Gasteiger partial charge < -0.3 is 19.7 Å². The van der Waals surface area contributed by atoms with Crippen molar-refractivity contribution in [3.63, 3.8) is 0 Å². The van der Waals surface area contributed by atoms with Gasteiger partial charge in [-0.25, -0.2) is 19.0 Å². The molecule has 0 aliphatic heterocycles. The van der Waals surface area contributed by atoms with Crippen LogP contribution in [0.2, 0.25) is 5.02 Å². The summed E-state index contributed by atoms with van der Waals surface area (Å²) < 4.78 is 23.3. The molecule has 0 radical (unpaired) electrons. The first kappa shape index (κ1) is 27.7. The molecule has 37 heavy (non-hydrogen) atoms. The van der Waals surface area contributed by atoms with E-state index in [9.17, 15) is 18.8 Å². The highest BCUT2D eigenvalue weighted by Crippen LogP contribution is 2.18. The molecular weight excluding hydrogens is 503 g/mol. The molecule has 1 atom stereocenters. The molecule has 0 spiro atoms. The molecule has 0 aliphatic carbocycles. The smallest absolute Gasteiger partial charge is 0.412 e. The van der Waals surface area contributed by atoms with Crippen molar-refractivity contribution in [1.29, 1.82) is 0 Å². The Morgan fingerprint density at radius 2 is 1.89 bits per heavy atom. The number of halogens is 2. The monoisotopic (exact) mass is 530 g/mol. The lowest BCUT2D eigenvalue weighted by Gasteiger charge is -2.28. The number of anilines is 1. The second-order valence-corrected chi connectivity index (χ2v) is 8.67. The Labute approximate surface area is 218 Å². The van der Waals surface area contributed by atoms with E-state index in [1.807, 2.05) is 24.3 Å². The van der Waals surface area contributed by atoms with Gasteiger partial charge in [-0.2, -0.15) is 0 Å². The lowest BCUT2D eigenvalue weighted by Crippen LogP contribution is -2.46. The van der Waals surface area contributed by atoms with Crippen molar-refractivity contribution < 1.29 is 28.2 Å². The number of rotatable bonds is 10. The van der Waals surface area contributed by atoms with E-state index in [1.165, 1.54) is 30.2 Å². The quantitative estimate of drug-likeness (QED) is 0.352. The third kappa shape index (κ3) is 8.32. The molecule has 196 valence electrons. The summed E-state index contributed by atoms with van der Waals surface area (Å²) in [7, 11) is 2.85. The lowest BCUT2D eigenvalue weighted by atomic mass is 10.1. The highest BCUT2D eigenvalue weighted by atomic mass is 35.5. The predicted octanol–water partition coefficient (Wildman–Crippen LogP) is 5.13. The van der Waals surface area contributed by atoms with Gasteiger partial charge in [-0.1, -0.05) is 41.9 Å². The summed E-state index contributed by atoms with van der Waals surface area (Å²) in [5, 5.41) is 7.34. The fourth-order valence-corrected chi connectivity index (χ4v) is 3.80. The summed E-state index contributed by atoms with van der Waals surface area (Å²) in [6.45, 7) is -0.0477. The van der Waals surface area contributed by atoms with Crippen molar-refractivity contribution in [1.82, 2.24) is 15.2 Å². The number of pyridine rings is 1. The maximum Gasteiger partial charge on any atom is 0.412 e. The summed E-state index contributed by atoms with van der Waals surface area (Å²) in [5.41, 5.74) is 0.547. The molecule has 2 N–H and O–H groups in total. The lowest BCUT2D eigenvalue weighted by molar-refractivity contribution is -0.140. The summed E-state index contributed by atoms with van der Waals surface area (Å²) in [6, 6.07) is 12.2. The van der Waals surface area contributed by atoms with Crippen LogP contribution in [0.1, 0.15) is 24.8 Å². The van der Waals surface area contributed by atoms with Crippen LogP contribution >= 0.6 is 11.6 Å². The van der Waals surface area contributed by atoms with Gasteiger partial charge in [0.2, 0.25) is 0 Å². The fraction of sp³-hybridized carbons (Fsp3) is 0.308. The number of carbonyl (C=O) groups is 3. The molecule has 2 aromatic carbocycles.